The zero-order chi connectivity index (χ0) is 13.9. The third-order valence-electron chi connectivity index (χ3n) is 5.98. The highest BCUT2D eigenvalue weighted by atomic mass is 15.3. The van der Waals surface area contributed by atoms with Gasteiger partial charge in [-0.05, 0) is 52.0 Å². The lowest BCUT2D eigenvalue weighted by molar-refractivity contribution is 0.00674. The van der Waals surface area contributed by atoms with Crippen molar-refractivity contribution in [2.45, 2.75) is 70.9 Å². The van der Waals surface area contributed by atoms with Gasteiger partial charge in [-0.1, -0.05) is 30.9 Å². The summed E-state index contributed by atoms with van der Waals surface area (Å²) < 4.78 is 0. The summed E-state index contributed by atoms with van der Waals surface area (Å²) in [6.07, 6.45) is 12.6. The Hall–Kier alpha value is -0.340. The largest absolute Gasteiger partial charge is 0.298 e. The maximum Gasteiger partial charge on any atom is 0.0283 e. The van der Waals surface area contributed by atoms with Gasteiger partial charge in [-0.2, -0.15) is 0 Å². The maximum atomic E-state index is 2.85. The van der Waals surface area contributed by atoms with Crippen LogP contribution >= 0.6 is 0 Å². The van der Waals surface area contributed by atoms with Crippen molar-refractivity contribution < 1.29 is 0 Å². The molecule has 2 atom stereocenters. The molecule has 0 radical (unpaired) electrons. The molecule has 0 N–H and O–H groups in total. The Labute approximate surface area is 125 Å². The van der Waals surface area contributed by atoms with Gasteiger partial charge in [-0.15, -0.1) is 0 Å². The van der Waals surface area contributed by atoms with E-state index in [0.717, 1.165) is 18.0 Å². The van der Waals surface area contributed by atoms with Crippen LogP contribution in [0.3, 0.4) is 0 Å². The van der Waals surface area contributed by atoms with Crippen LogP contribution in [-0.2, 0) is 0 Å². The Morgan fingerprint density at radius 1 is 1.00 bits per heavy atom. The summed E-state index contributed by atoms with van der Waals surface area (Å²) in [6.45, 7) is 9.68. The molecule has 20 heavy (non-hydrogen) atoms. The van der Waals surface area contributed by atoms with Crippen LogP contribution in [0.25, 0.3) is 0 Å². The normalized spacial score (nSPS) is 34.4. The van der Waals surface area contributed by atoms with Gasteiger partial charge in [-0.3, -0.25) is 9.80 Å². The van der Waals surface area contributed by atoms with Crippen molar-refractivity contribution in [2.75, 3.05) is 26.2 Å². The van der Waals surface area contributed by atoms with Crippen molar-refractivity contribution in [3.05, 3.63) is 11.6 Å². The van der Waals surface area contributed by atoms with E-state index in [9.17, 15) is 0 Å². The van der Waals surface area contributed by atoms with Gasteiger partial charge in [0.15, 0.2) is 0 Å². The lowest BCUT2D eigenvalue weighted by Crippen LogP contribution is -2.60. The summed E-state index contributed by atoms with van der Waals surface area (Å²) in [7, 11) is 0. The summed E-state index contributed by atoms with van der Waals surface area (Å²) in [5.41, 5.74) is 1.55. The van der Waals surface area contributed by atoms with Crippen molar-refractivity contribution in [2.24, 2.45) is 5.92 Å². The predicted molar refractivity (Wildman–Crippen MR) is 86.0 cm³/mol. The van der Waals surface area contributed by atoms with E-state index in [1.165, 1.54) is 71.1 Å². The van der Waals surface area contributed by atoms with Crippen LogP contribution in [0.2, 0.25) is 0 Å². The number of hydrogen-bond donors (Lipinski definition) is 0. The van der Waals surface area contributed by atoms with Crippen molar-refractivity contribution in [1.82, 2.24) is 9.80 Å². The van der Waals surface area contributed by atoms with E-state index in [4.69, 9.17) is 0 Å². The van der Waals surface area contributed by atoms with Crippen LogP contribution in [0.1, 0.15) is 58.8 Å². The molecule has 3 rings (SSSR count). The zero-order valence-electron chi connectivity index (χ0n) is 13.5. The van der Waals surface area contributed by atoms with Gasteiger partial charge in [0, 0.05) is 31.7 Å². The summed E-state index contributed by atoms with van der Waals surface area (Å²) in [5.74, 6) is 0.972. The van der Waals surface area contributed by atoms with Gasteiger partial charge in [0.1, 0.15) is 0 Å². The Kier molecular flexibility index (Phi) is 4.83. The smallest absolute Gasteiger partial charge is 0.0283 e. The molecule has 0 aromatic heterocycles. The fourth-order valence-corrected chi connectivity index (χ4v) is 4.85. The SMILES string of the molecule is C/C=C(\C)CN1CCN2CCC[C@H]2[C@H]1C1CCCCC1. The molecule has 2 saturated heterocycles. The lowest BCUT2D eigenvalue weighted by atomic mass is 9.78. The van der Waals surface area contributed by atoms with Crippen LogP contribution in [0.4, 0.5) is 0 Å². The zero-order valence-corrected chi connectivity index (χ0v) is 13.5. The molecule has 0 unspecified atom stereocenters. The van der Waals surface area contributed by atoms with Gasteiger partial charge >= 0.3 is 0 Å². The number of hydrogen-bond acceptors (Lipinski definition) is 2. The van der Waals surface area contributed by atoms with E-state index in [0.29, 0.717) is 0 Å². The fourth-order valence-electron chi connectivity index (χ4n) is 4.85. The van der Waals surface area contributed by atoms with E-state index in [1.54, 1.807) is 5.57 Å². The minimum Gasteiger partial charge on any atom is -0.298 e. The van der Waals surface area contributed by atoms with E-state index >= 15 is 0 Å². The first-order valence-electron chi connectivity index (χ1n) is 8.89. The lowest BCUT2D eigenvalue weighted by Gasteiger charge is -2.49. The molecule has 0 aromatic carbocycles. The fraction of sp³-hybridized carbons (Fsp3) is 0.889. The average Bonchev–Trinajstić information content (AvgIpc) is 2.96. The van der Waals surface area contributed by atoms with Crippen molar-refractivity contribution in [1.29, 1.82) is 0 Å². The Morgan fingerprint density at radius 3 is 2.55 bits per heavy atom. The third-order valence-corrected chi connectivity index (χ3v) is 5.98. The first kappa shape index (κ1) is 14.6. The van der Waals surface area contributed by atoms with Crippen LogP contribution < -0.4 is 0 Å². The van der Waals surface area contributed by atoms with Crippen molar-refractivity contribution >= 4 is 0 Å². The van der Waals surface area contributed by atoms with Crippen LogP contribution in [0.15, 0.2) is 11.6 Å². The second kappa shape index (κ2) is 6.62. The Bertz CT molecular complexity index is 343. The first-order valence-corrected chi connectivity index (χ1v) is 8.89. The number of rotatable bonds is 3. The highest BCUT2D eigenvalue weighted by Crippen LogP contribution is 2.37. The van der Waals surface area contributed by atoms with Gasteiger partial charge in [0.25, 0.3) is 0 Å². The van der Waals surface area contributed by atoms with Gasteiger partial charge in [0.05, 0.1) is 0 Å². The molecule has 3 aliphatic rings. The van der Waals surface area contributed by atoms with E-state index in [1.807, 2.05) is 0 Å². The van der Waals surface area contributed by atoms with Crippen LogP contribution in [0.5, 0.6) is 0 Å². The number of nitrogens with zero attached hydrogens (tertiary/aromatic N) is 2. The second-order valence-corrected chi connectivity index (χ2v) is 7.24. The molecule has 3 fully saturated rings. The Morgan fingerprint density at radius 2 is 1.80 bits per heavy atom. The molecule has 2 heterocycles. The second-order valence-electron chi connectivity index (χ2n) is 7.24. The first-order chi connectivity index (χ1) is 9.79. The third kappa shape index (κ3) is 2.96. The molecule has 1 aliphatic carbocycles. The molecule has 0 spiro atoms. The van der Waals surface area contributed by atoms with Crippen LogP contribution in [0, 0.1) is 5.92 Å². The topological polar surface area (TPSA) is 6.48 Å². The number of allylic oxidation sites excluding steroid dienone is 1. The molecule has 1 saturated carbocycles. The quantitative estimate of drug-likeness (QED) is 0.726. The average molecular weight is 276 g/mol. The molecule has 114 valence electrons. The highest BCUT2D eigenvalue weighted by molar-refractivity contribution is 5.05. The molecular weight excluding hydrogens is 244 g/mol. The molecule has 0 bridgehead atoms. The van der Waals surface area contributed by atoms with Gasteiger partial charge < -0.3 is 0 Å². The molecule has 2 heteroatoms. The molecule has 2 nitrogen and oxygen atoms in total. The van der Waals surface area contributed by atoms with Crippen molar-refractivity contribution in [3.63, 3.8) is 0 Å². The summed E-state index contributed by atoms with van der Waals surface area (Å²) >= 11 is 0. The standard InChI is InChI=1S/C18H32N2/c1-3-15(2)14-20-13-12-19-11-7-10-17(19)18(20)16-8-5-4-6-9-16/h3,16-18H,4-14H2,1-2H3/b15-3+/t17-,18+/m0/s1. The van der Waals surface area contributed by atoms with E-state index in [2.05, 4.69) is 29.7 Å². The monoisotopic (exact) mass is 276 g/mol. The molecular formula is C18H32N2. The molecule has 0 amide bonds. The molecule has 2 aliphatic heterocycles. The van der Waals surface area contributed by atoms with Crippen LogP contribution in [-0.4, -0.2) is 48.1 Å². The predicted octanol–water partition coefficient (Wildman–Crippen LogP) is 3.68. The Balaban J connectivity index is 1.76. The summed E-state index contributed by atoms with van der Waals surface area (Å²) in [5, 5.41) is 0. The summed E-state index contributed by atoms with van der Waals surface area (Å²) in [6, 6.07) is 1.72. The van der Waals surface area contributed by atoms with Gasteiger partial charge in [-0.25, -0.2) is 0 Å². The van der Waals surface area contributed by atoms with E-state index in [-0.39, 0.29) is 0 Å². The van der Waals surface area contributed by atoms with Gasteiger partial charge in [0.2, 0.25) is 0 Å². The summed E-state index contributed by atoms with van der Waals surface area (Å²) in [4.78, 5) is 5.65. The van der Waals surface area contributed by atoms with Crippen molar-refractivity contribution in [3.8, 4) is 0 Å². The minimum absolute atomic E-state index is 0.849. The minimum atomic E-state index is 0.849. The number of fused-ring (bicyclic) bond motifs is 1. The number of piperazine rings is 1. The van der Waals surface area contributed by atoms with E-state index < -0.39 is 0 Å². The maximum absolute atomic E-state index is 2.85. The highest BCUT2D eigenvalue weighted by Gasteiger charge is 2.42. The molecule has 0 aromatic rings.